The highest BCUT2D eigenvalue weighted by atomic mass is 79.9. The van der Waals surface area contributed by atoms with Crippen LogP contribution in [0.25, 0.3) is 10.9 Å². The Hall–Kier alpha value is -1.45. The number of rotatable bonds is 2. The number of isocyanates is 1. The van der Waals surface area contributed by atoms with E-state index in [-0.39, 0.29) is 5.54 Å². The Kier molecular flexibility index (Phi) is 3.03. The SMILES string of the molecule is Cn1nc(Br)c2ccc(C3(N=C=O)CCCC3)cc21. The fourth-order valence-corrected chi connectivity index (χ4v) is 3.59. The number of aliphatic imine (C=N–C) groups is 1. The topological polar surface area (TPSA) is 47.2 Å². The van der Waals surface area contributed by atoms with E-state index in [0.29, 0.717) is 0 Å². The lowest BCUT2D eigenvalue weighted by molar-refractivity contribution is 0.456. The van der Waals surface area contributed by atoms with E-state index in [4.69, 9.17) is 0 Å². The second-order valence-corrected chi connectivity index (χ2v) is 5.84. The normalized spacial score (nSPS) is 17.6. The van der Waals surface area contributed by atoms with Crippen LogP contribution >= 0.6 is 15.9 Å². The first-order valence-corrected chi connectivity index (χ1v) is 7.17. The van der Waals surface area contributed by atoms with Crippen LogP contribution in [0.5, 0.6) is 0 Å². The zero-order chi connectivity index (χ0) is 13.5. The maximum Gasteiger partial charge on any atom is 0.235 e. The van der Waals surface area contributed by atoms with Gasteiger partial charge in [0.1, 0.15) is 4.60 Å². The van der Waals surface area contributed by atoms with Crippen LogP contribution < -0.4 is 0 Å². The summed E-state index contributed by atoms with van der Waals surface area (Å²) in [5.41, 5.74) is 1.78. The minimum absolute atomic E-state index is 0.368. The van der Waals surface area contributed by atoms with Crippen LogP contribution in [0.1, 0.15) is 31.2 Å². The van der Waals surface area contributed by atoms with Crippen molar-refractivity contribution in [3.8, 4) is 0 Å². The lowest BCUT2D eigenvalue weighted by Gasteiger charge is -2.22. The molecule has 5 heteroatoms. The summed E-state index contributed by atoms with van der Waals surface area (Å²) in [6.07, 6.45) is 5.83. The Labute approximate surface area is 119 Å². The first kappa shape index (κ1) is 12.6. The Balaban J connectivity index is 2.19. The molecule has 0 unspecified atom stereocenters. The number of aryl methyl sites for hydroxylation is 1. The van der Waals surface area contributed by atoms with Gasteiger partial charge in [-0.3, -0.25) is 4.68 Å². The van der Waals surface area contributed by atoms with Crippen LogP contribution in [0.4, 0.5) is 0 Å². The highest BCUT2D eigenvalue weighted by molar-refractivity contribution is 9.10. The number of hydrogen-bond donors (Lipinski definition) is 0. The molecule has 98 valence electrons. The van der Waals surface area contributed by atoms with Crippen molar-refractivity contribution >= 4 is 32.9 Å². The fraction of sp³-hybridized carbons (Fsp3) is 0.429. The summed E-state index contributed by atoms with van der Waals surface area (Å²) in [4.78, 5) is 14.9. The van der Waals surface area contributed by atoms with E-state index < -0.39 is 0 Å². The maximum atomic E-state index is 10.8. The highest BCUT2D eigenvalue weighted by Crippen LogP contribution is 2.43. The summed E-state index contributed by atoms with van der Waals surface area (Å²) in [7, 11) is 1.92. The predicted octanol–water partition coefficient (Wildman–Crippen LogP) is 3.44. The standard InChI is InChI=1S/C14H14BrN3O/c1-18-12-8-10(4-5-11(12)13(15)17-18)14(16-9-19)6-2-3-7-14/h4-5,8H,2-3,6-7H2,1H3. The van der Waals surface area contributed by atoms with Gasteiger partial charge in [-0.2, -0.15) is 10.1 Å². The summed E-state index contributed by atoms with van der Waals surface area (Å²) in [6.45, 7) is 0. The lowest BCUT2D eigenvalue weighted by Crippen LogP contribution is -2.18. The van der Waals surface area contributed by atoms with E-state index in [1.165, 1.54) is 0 Å². The van der Waals surface area contributed by atoms with E-state index in [1.54, 1.807) is 6.08 Å². The first-order valence-electron chi connectivity index (χ1n) is 6.38. The molecule has 3 rings (SSSR count). The number of nitrogens with zero attached hydrogens (tertiary/aromatic N) is 3. The van der Waals surface area contributed by atoms with Crippen molar-refractivity contribution in [3.05, 3.63) is 28.4 Å². The van der Waals surface area contributed by atoms with Crippen molar-refractivity contribution in [2.75, 3.05) is 0 Å². The third kappa shape index (κ3) is 1.94. The van der Waals surface area contributed by atoms with Gasteiger partial charge in [0.15, 0.2) is 0 Å². The molecule has 0 saturated heterocycles. The molecule has 0 aliphatic heterocycles. The maximum absolute atomic E-state index is 10.8. The van der Waals surface area contributed by atoms with Gasteiger partial charge >= 0.3 is 0 Å². The molecule has 4 nitrogen and oxygen atoms in total. The number of fused-ring (bicyclic) bond motifs is 1. The van der Waals surface area contributed by atoms with Gasteiger partial charge in [0.25, 0.3) is 0 Å². The fourth-order valence-electron chi connectivity index (χ4n) is 3.02. The molecular weight excluding hydrogens is 306 g/mol. The molecule has 1 aromatic carbocycles. The van der Waals surface area contributed by atoms with E-state index in [2.05, 4.69) is 38.2 Å². The number of aromatic nitrogens is 2. The number of benzene rings is 1. The van der Waals surface area contributed by atoms with Gasteiger partial charge in [-0.1, -0.05) is 18.9 Å². The van der Waals surface area contributed by atoms with Gasteiger partial charge in [0.2, 0.25) is 6.08 Å². The van der Waals surface area contributed by atoms with Gasteiger partial charge in [0, 0.05) is 12.4 Å². The number of hydrogen-bond acceptors (Lipinski definition) is 3. The van der Waals surface area contributed by atoms with Crippen LogP contribution in [-0.4, -0.2) is 15.9 Å². The molecule has 0 bridgehead atoms. The van der Waals surface area contributed by atoms with Crippen LogP contribution in [0.15, 0.2) is 27.8 Å². The molecule has 0 N–H and O–H groups in total. The average molecular weight is 320 g/mol. The Morgan fingerprint density at radius 2 is 2.16 bits per heavy atom. The predicted molar refractivity (Wildman–Crippen MR) is 76.7 cm³/mol. The Morgan fingerprint density at radius 3 is 2.84 bits per heavy atom. The van der Waals surface area contributed by atoms with Crippen LogP contribution in [0.2, 0.25) is 0 Å². The van der Waals surface area contributed by atoms with Crippen molar-refractivity contribution in [2.45, 2.75) is 31.2 Å². The smallest absolute Gasteiger partial charge is 0.235 e. The van der Waals surface area contributed by atoms with Gasteiger partial charge in [-0.05, 0) is 46.5 Å². The summed E-state index contributed by atoms with van der Waals surface area (Å²) in [5.74, 6) is 0. The van der Waals surface area contributed by atoms with Crippen molar-refractivity contribution < 1.29 is 4.79 Å². The monoisotopic (exact) mass is 319 g/mol. The van der Waals surface area contributed by atoms with Crippen molar-refractivity contribution in [3.63, 3.8) is 0 Å². The lowest BCUT2D eigenvalue weighted by atomic mass is 9.88. The molecule has 0 amide bonds. The summed E-state index contributed by atoms with van der Waals surface area (Å²) >= 11 is 3.45. The van der Waals surface area contributed by atoms with Crippen LogP contribution in [0.3, 0.4) is 0 Å². The molecule has 19 heavy (non-hydrogen) atoms. The third-order valence-electron chi connectivity index (χ3n) is 4.03. The molecule has 2 aromatic rings. The zero-order valence-corrected chi connectivity index (χ0v) is 12.3. The quantitative estimate of drug-likeness (QED) is 0.628. The molecule has 0 atom stereocenters. The van der Waals surface area contributed by atoms with E-state index in [9.17, 15) is 4.79 Å². The minimum atomic E-state index is -0.368. The van der Waals surface area contributed by atoms with Crippen molar-refractivity contribution in [2.24, 2.45) is 12.0 Å². The van der Waals surface area contributed by atoms with Gasteiger partial charge in [-0.15, -0.1) is 0 Å². The molecule has 1 aliphatic rings. The highest BCUT2D eigenvalue weighted by Gasteiger charge is 2.35. The van der Waals surface area contributed by atoms with Crippen LogP contribution in [0, 0.1) is 0 Å². The molecule has 1 fully saturated rings. The molecule has 1 heterocycles. The number of carbonyl (C=O) groups excluding carboxylic acids is 1. The second kappa shape index (κ2) is 4.58. The molecule has 1 aromatic heterocycles. The van der Waals surface area contributed by atoms with E-state index in [0.717, 1.165) is 46.8 Å². The van der Waals surface area contributed by atoms with Crippen molar-refractivity contribution in [1.82, 2.24) is 9.78 Å². The Bertz CT molecular complexity index is 679. The van der Waals surface area contributed by atoms with Crippen LogP contribution in [-0.2, 0) is 17.4 Å². The second-order valence-electron chi connectivity index (χ2n) is 5.09. The van der Waals surface area contributed by atoms with Gasteiger partial charge < -0.3 is 0 Å². The Morgan fingerprint density at radius 1 is 1.42 bits per heavy atom. The molecule has 0 spiro atoms. The van der Waals surface area contributed by atoms with E-state index in [1.807, 2.05) is 17.8 Å². The molecular formula is C14H14BrN3O. The molecule has 1 saturated carbocycles. The molecule has 1 aliphatic carbocycles. The summed E-state index contributed by atoms with van der Waals surface area (Å²) in [5, 5.41) is 5.43. The molecule has 0 radical (unpaired) electrons. The number of halogens is 1. The summed E-state index contributed by atoms with van der Waals surface area (Å²) < 4.78 is 2.69. The summed E-state index contributed by atoms with van der Waals surface area (Å²) in [6, 6.07) is 6.20. The van der Waals surface area contributed by atoms with Crippen molar-refractivity contribution in [1.29, 1.82) is 0 Å². The van der Waals surface area contributed by atoms with E-state index >= 15 is 0 Å². The van der Waals surface area contributed by atoms with Gasteiger partial charge in [-0.25, -0.2) is 4.79 Å². The third-order valence-corrected chi connectivity index (χ3v) is 4.62. The zero-order valence-electron chi connectivity index (χ0n) is 10.7. The van der Waals surface area contributed by atoms with Gasteiger partial charge in [0.05, 0.1) is 11.1 Å². The average Bonchev–Trinajstić information content (AvgIpc) is 2.97. The first-order chi connectivity index (χ1) is 9.16. The minimum Gasteiger partial charge on any atom is -0.267 e. The largest absolute Gasteiger partial charge is 0.267 e.